The summed E-state index contributed by atoms with van der Waals surface area (Å²) in [6.45, 7) is 4.00. The van der Waals surface area contributed by atoms with E-state index in [1.165, 1.54) is 4.40 Å². The van der Waals surface area contributed by atoms with Crippen LogP contribution in [0.1, 0.15) is 13.8 Å². The van der Waals surface area contributed by atoms with Gasteiger partial charge in [0.2, 0.25) is 0 Å². The highest BCUT2D eigenvalue weighted by molar-refractivity contribution is 6.20. The normalized spacial score (nSPS) is 11.6. The summed E-state index contributed by atoms with van der Waals surface area (Å²) < 4.78 is 7.69. The van der Waals surface area contributed by atoms with Crippen molar-refractivity contribution in [3.63, 3.8) is 0 Å². The molecule has 8 rings (SSSR count). The maximum atomic E-state index is 13.5. The molecule has 0 aliphatic carbocycles. The van der Waals surface area contributed by atoms with Crippen LogP contribution in [0, 0.1) is 0 Å². The first-order valence-corrected chi connectivity index (χ1v) is 12.9. The lowest BCUT2D eigenvalue weighted by Gasteiger charge is -2.15. The Morgan fingerprint density at radius 1 is 0.526 bits per heavy atom. The Kier molecular flexibility index (Phi) is 4.85. The summed E-state index contributed by atoms with van der Waals surface area (Å²) in [5.74, 6) is 0. The van der Waals surface area contributed by atoms with E-state index in [9.17, 15) is 9.59 Å². The summed E-state index contributed by atoms with van der Waals surface area (Å²) in [5, 5.41) is 6.60. The number of furan rings is 1. The van der Waals surface area contributed by atoms with E-state index in [4.69, 9.17) is 4.42 Å². The number of fused-ring (bicyclic) bond motifs is 7. The average Bonchev–Trinajstić information content (AvgIpc) is 3.37. The molecule has 5 aromatic carbocycles. The van der Waals surface area contributed by atoms with Gasteiger partial charge in [0.1, 0.15) is 11.2 Å². The van der Waals surface area contributed by atoms with Crippen molar-refractivity contribution in [2.24, 2.45) is 0 Å². The van der Waals surface area contributed by atoms with Crippen molar-refractivity contribution in [1.29, 1.82) is 0 Å². The third-order valence-electron chi connectivity index (χ3n) is 7.35. The Hall–Kier alpha value is -4.96. The lowest BCUT2D eigenvalue weighted by molar-refractivity contribution is 0.670. The molecule has 0 saturated heterocycles. The second-order valence-corrected chi connectivity index (χ2v) is 9.24. The van der Waals surface area contributed by atoms with Gasteiger partial charge in [-0.05, 0) is 46.7 Å². The van der Waals surface area contributed by atoms with Gasteiger partial charge in [0, 0.05) is 37.9 Å². The molecule has 0 saturated carbocycles. The van der Waals surface area contributed by atoms with E-state index in [0.717, 1.165) is 54.6 Å². The van der Waals surface area contributed by atoms with Crippen LogP contribution in [0.25, 0.3) is 70.9 Å². The molecule has 3 heterocycles. The van der Waals surface area contributed by atoms with Crippen LogP contribution < -0.4 is 11.1 Å². The first kappa shape index (κ1) is 22.3. The van der Waals surface area contributed by atoms with Crippen LogP contribution in [-0.4, -0.2) is 4.40 Å². The molecular weight excluding hydrogens is 470 g/mol. The fraction of sp³-hybridized carbons (Fsp3) is 0.0588. The summed E-state index contributed by atoms with van der Waals surface area (Å²) in [5.41, 5.74) is 3.69. The predicted octanol–water partition coefficient (Wildman–Crippen LogP) is 8.15. The molecule has 0 unspecified atom stereocenters. The fourth-order valence-corrected chi connectivity index (χ4v) is 5.76. The Balaban J connectivity index is 0.00000118. The van der Waals surface area contributed by atoms with Crippen molar-refractivity contribution in [2.45, 2.75) is 13.8 Å². The van der Waals surface area contributed by atoms with E-state index >= 15 is 0 Å². The van der Waals surface area contributed by atoms with Crippen molar-refractivity contribution in [3.05, 3.63) is 124 Å². The molecule has 182 valence electrons. The molecule has 0 spiro atoms. The highest BCUT2D eigenvalue weighted by Crippen LogP contribution is 2.39. The van der Waals surface area contributed by atoms with Gasteiger partial charge in [-0.15, -0.1) is 0 Å². The maximum absolute atomic E-state index is 13.5. The van der Waals surface area contributed by atoms with Crippen molar-refractivity contribution >= 4 is 59.8 Å². The number of hydrogen-bond acceptors (Lipinski definition) is 3. The number of rotatable bonds is 1. The van der Waals surface area contributed by atoms with Crippen molar-refractivity contribution in [3.8, 4) is 11.1 Å². The number of nitrogens with zero attached hydrogens (tertiary/aromatic N) is 1. The zero-order valence-electron chi connectivity index (χ0n) is 21.0. The Morgan fingerprint density at radius 3 is 1.63 bits per heavy atom. The molecule has 38 heavy (non-hydrogen) atoms. The van der Waals surface area contributed by atoms with Gasteiger partial charge in [0.15, 0.2) is 0 Å². The second kappa shape index (κ2) is 8.29. The lowest BCUT2D eigenvalue weighted by Crippen LogP contribution is -2.27. The van der Waals surface area contributed by atoms with Crippen LogP contribution >= 0.6 is 0 Å². The second-order valence-electron chi connectivity index (χ2n) is 9.24. The number of benzene rings is 5. The van der Waals surface area contributed by atoms with Gasteiger partial charge in [0.05, 0.1) is 5.52 Å². The van der Waals surface area contributed by atoms with E-state index in [1.54, 1.807) is 12.1 Å². The summed E-state index contributed by atoms with van der Waals surface area (Å²) in [6.07, 6.45) is 0. The molecule has 3 aromatic heterocycles. The molecule has 0 aliphatic rings. The minimum atomic E-state index is -0.286. The van der Waals surface area contributed by atoms with Crippen LogP contribution in [0.4, 0.5) is 0 Å². The molecular formula is C34H23NO3. The molecule has 0 fully saturated rings. The van der Waals surface area contributed by atoms with Crippen LogP contribution in [0.2, 0.25) is 0 Å². The van der Waals surface area contributed by atoms with Crippen LogP contribution in [0.15, 0.2) is 117 Å². The number of para-hydroxylation sites is 2. The van der Waals surface area contributed by atoms with Crippen molar-refractivity contribution in [2.75, 3.05) is 0 Å². The third kappa shape index (κ3) is 2.91. The molecule has 4 heteroatoms. The Morgan fingerprint density at radius 2 is 1.03 bits per heavy atom. The molecule has 0 N–H and O–H groups in total. The van der Waals surface area contributed by atoms with Gasteiger partial charge in [-0.1, -0.05) is 86.6 Å². The number of pyridine rings is 2. The summed E-state index contributed by atoms with van der Waals surface area (Å²) in [6, 6.07) is 33.4. The molecule has 0 atom stereocenters. The van der Waals surface area contributed by atoms with Crippen LogP contribution in [0.5, 0.6) is 0 Å². The zero-order chi connectivity index (χ0) is 26.0. The van der Waals surface area contributed by atoms with E-state index in [-0.39, 0.29) is 11.1 Å². The zero-order valence-corrected chi connectivity index (χ0v) is 21.0. The molecule has 0 aliphatic heterocycles. The smallest absolute Gasteiger partial charge is 0.266 e. The van der Waals surface area contributed by atoms with E-state index in [1.807, 2.05) is 74.5 Å². The lowest BCUT2D eigenvalue weighted by atomic mass is 9.94. The highest BCUT2D eigenvalue weighted by Gasteiger charge is 2.19. The van der Waals surface area contributed by atoms with Gasteiger partial charge < -0.3 is 4.42 Å². The van der Waals surface area contributed by atoms with Crippen molar-refractivity contribution < 1.29 is 4.42 Å². The maximum Gasteiger partial charge on any atom is 0.266 e. The first-order valence-electron chi connectivity index (χ1n) is 12.9. The summed E-state index contributed by atoms with van der Waals surface area (Å²) >= 11 is 0. The number of hydrogen-bond donors (Lipinski definition) is 0. The predicted molar refractivity (Wildman–Crippen MR) is 158 cm³/mol. The molecule has 0 bridgehead atoms. The van der Waals surface area contributed by atoms with Crippen molar-refractivity contribution in [1.82, 2.24) is 4.40 Å². The molecule has 8 aromatic rings. The van der Waals surface area contributed by atoms with E-state index < -0.39 is 0 Å². The number of aromatic nitrogens is 1. The van der Waals surface area contributed by atoms with Crippen LogP contribution in [0.3, 0.4) is 0 Å². The van der Waals surface area contributed by atoms with E-state index in [0.29, 0.717) is 16.3 Å². The van der Waals surface area contributed by atoms with Gasteiger partial charge in [-0.25, -0.2) is 4.40 Å². The quantitative estimate of drug-likeness (QED) is 0.171. The Labute approximate surface area is 217 Å². The molecule has 4 nitrogen and oxygen atoms in total. The minimum Gasteiger partial charge on any atom is -0.455 e. The first-order chi connectivity index (χ1) is 18.7. The Bertz CT molecular complexity index is 2200. The summed E-state index contributed by atoms with van der Waals surface area (Å²) in [4.78, 5) is 27.1. The topological polar surface area (TPSA) is 51.7 Å². The minimum absolute atomic E-state index is 0.286. The average molecular weight is 494 g/mol. The fourth-order valence-electron chi connectivity index (χ4n) is 5.76. The van der Waals surface area contributed by atoms with Crippen LogP contribution in [-0.2, 0) is 0 Å². The SMILES string of the molecule is CC.O=c1c2ccccc2c2cc(-c3cccc4c3oc3ccccc34)cc3c4ccccc4c(=O)n1c23. The molecule has 0 amide bonds. The van der Waals surface area contributed by atoms with Gasteiger partial charge in [-0.3, -0.25) is 9.59 Å². The van der Waals surface area contributed by atoms with Gasteiger partial charge in [0.25, 0.3) is 11.1 Å². The van der Waals surface area contributed by atoms with Gasteiger partial charge in [-0.2, -0.15) is 0 Å². The van der Waals surface area contributed by atoms with E-state index in [2.05, 4.69) is 30.3 Å². The van der Waals surface area contributed by atoms with Gasteiger partial charge >= 0.3 is 0 Å². The molecule has 0 radical (unpaired) electrons. The monoisotopic (exact) mass is 493 g/mol. The highest BCUT2D eigenvalue weighted by atomic mass is 16.3. The summed E-state index contributed by atoms with van der Waals surface area (Å²) in [7, 11) is 0. The third-order valence-corrected chi connectivity index (χ3v) is 7.35. The standard InChI is InChI=1S/C32H17NO3.C2H6/c34-31-24-11-3-1-8-20(24)26-16-18(17-27-21-9-2-4-12-25(21)32(35)33(31)29(26)27)19-13-7-14-23-22-10-5-6-15-28(22)36-30(19)23;1-2/h1-17H;1-2H3. The largest absolute Gasteiger partial charge is 0.455 e.